The number of aliphatic hydroxyl groups is 1. The van der Waals surface area contributed by atoms with Crippen LogP contribution in [0.1, 0.15) is 44.0 Å². The Hall–Kier alpha value is -0.870. The summed E-state index contributed by atoms with van der Waals surface area (Å²) in [7, 11) is 0. The molecule has 4 aliphatic carbocycles. The van der Waals surface area contributed by atoms with Gasteiger partial charge in [-0.05, 0) is 61.7 Å². The second-order valence-corrected chi connectivity index (χ2v) is 7.28. The van der Waals surface area contributed by atoms with E-state index in [-0.39, 0.29) is 6.54 Å². The van der Waals surface area contributed by atoms with E-state index >= 15 is 0 Å². The molecule has 110 valence electrons. The molecule has 0 spiro atoms. The number of nitrogens with two attached hydrogens (primary N) is 1. The minimum absolute atomic E-state index is 0.249. The van der Waals surface area contributed by atoms with Gasteiger partial charge in [-0.25, -0.2) is 4.98 Å². The number of rotatable bonds is 4. The van der Waals surface area contributed by atoms with Gasteiger partial charge in [0.2, 0.25) is 0 Å². The van der Waals surface area contributed by atoms with Gasteiger partial charge in [0, 0.05) is 25.5 Å². The van der Waals surface area contributed by atoms with Crippen LogP contribution < -0.4 is 5.73 Å². The Morgan fingerprint density at radius 3 is 2.45 bits per heavy atom. The van der Waals surface area contributed by atoms with Crippen LogP contribution in [0.5, 0.6) is 0 Å². The third-order valence-corrected chi connectivity index (χ3v) is 6.10. The van der Waals surface area contributed by atoms with Crippen molar-refractivity contribution < 1.29 is 5.11 Å². The first-order chi connectivity index (χ1) is 9.74. The highest BCUT2D eigenvalue weighted by Crippen LogP contribution is 2.56. The third-order valence-electron chi connectivity index (χ3n) is 6.10. The van der Waals surface area contributed by atoms with Crippen molar-refractivity contribution in [2.24, 2.45) is 35.3 Å². The Labute approximate surface area is 120 Å². The van der Waals surface area contributed by atoms with Crippen LogP contribution in [0, 0.1) is 29.6 Å². The van der Waals surface area contributed by atoms with Gasteiger partial charge in [-0.15, -0.1) is 0 Å². The Bertz CT molecular complexity index is 456. The predicted octanol–water partition coefficient (Wildman–Crippen LogP) is 1.95. The van der Waals surface area contributed by atoms with Crippen LogP contribution in [-0.2, 0) is 6.54 Å². The Balaban J connectivity index is 1.53. The first kappa shape index (κ1) is 12.8. The molecule has 1 atom stereocenters. The van der Waals surface area contributed by atoms with Gasteiger partial charge in [0.15, 0.2) is 0 Å². The van der Waals surface area contributed by atoms with Crippen LogP contribution in [0.4, 0.5) is 0 Å². The quantitative estimate of drug-likeness (QED) is 0.882. The molecule has 4 saturated carbocycles. The molecule has 0 saturated heterocycles. The lowest BCUT2D eigenvalue weighted by Gasteiger charge is -2.54. The van der Waals surface area contributed by atoms with Crippen molar-refractivity contribution in [2.75, 3.05) is 6.54 Å². The summed E-state index contributed by atoms with van der Waals surface area (Å²) in [6, 6.07) is 0. The second-order valence-electron chi connectivity index (χ2n) is 7.28. The van der Waals surface area contributed by atoms with Crippen molar-refractivity contribution in [1.29, 1.82) is 0 Å². The maximum Gasteiger partial charge on any atom is 0.138 e. The van der Waals surface area contributed by atoms with Crippen LogP contribution in [0.15, 0.2) is 12.4 Å². The molecule has 0 amide bonds. The zero-order valence-corrected chi connectivity index (χ0v) is 12.0. The SMILES string of the molecule is NCC(O)c1nccn1CC1C2CC3CC(C2)CC1C3. The highest BCUT2D eigenvalue weighted by atomic mass is 16.3. The molecule has 0 aromatic carbocycles. The van der Waals surface area contributed by atoms with Gasteiger partial charge < -0.3 is 15.4 Å². The summed E-state index contributed by atoms with van der Waals surface area (Å²) in [6.07, 6.45) is 10.5. The molecule has 4 fully saturated rings. The van der Waals surface area contributed by atoms with E-state index in [1.54, 1.807) is 6.20 Å². The molecule has 0 radical (unpaired) electrons. The average Bonchev–Trinajstić information content (AvgIpc) is 2.89. The number of imidazole rings is 1. The van der Waals surface area contributed by atoms with E-state index in [1.807, 2.05) is 6.20 Å². The van der Waals surface area contributed by atoms with E-state index in [9.17, 15) is 5.11 Å². The largest absolute Gasteiger partial charge is 0.384 e. The molecule has 20 heavy (non-hydrogen) atoms. The van der Waals surface area contributed by atoms with Crippen LogP contribution in [0.25, 0.3) is 0 Å². The summed E-state index contributed by atoms with van der Waals surface area (Å²) in [6.45, 7) is 1.28. The van der Waals surface area contributed by atoms with Crippen molar-refractivity contribution in [2.45, 2.75) is 44.8 Å². The van der Waals surface area contributed by atoms with E-state index in [4.69, 9.17) is 5.73 Å². The second kappa shape index (κ2) is 4.85. The molecule has 0 aliphatic heterocycles. The molecule has 4 bridgehead atoms. The Morgan fingerprint density at radius 1 is 1.20 bits per heavy atom. The first-order valence-corrected chi connectivity index (χ1v) is 8.13. The molecule has 1 heterocycles. The molecular weight excluding hydrogens is 250 g/mol. The van der Waals surface area contributed by atoms with Crippen LogP contribution in [-0.4, -0.2) is 21.2 Å². The highest BCUT2D eigenvalue weighted by Gasteiger charge is 2.48. The van der Waals surface area contributed by atoms with Gasteiger partial charge in [-0.1, -0.05) is 0 Å². The smallest absolute Gasteiger partial charge is 0.138 e. The fourth-order valence-electron chi connectivity index (χ4n) is 5.44. The van der Waals surface area contributed by atoms with Gasteiger partial charge in [0.1, 0.15) is 11.9 Å². The van der Waals surface area contributed by atoms with Gasteiger partial charge in [0.25, 0.3) is 0 Å². The van der Waals surface area contributed by atoms with Crippen LogP contribution in [0.3, 0.4) is 0 Å². The van der Waals surface area contributed by atoms with Crippen molar-refractivity contribution in [3.8, 4) is 0 Å². The lowest BCUT2D eigenvalue weighted by molar-refractivity contribution is -0.0438. The fraction of sp³-hybridized carbons (Fsp3) is 0.812. The standard InChI is InChI=1S/C16H25N3O/c17-8-15(20)16-18-1-2-19(16)9-14-12-4-10-3-11(6-12)7-13(14)5-10/h1-2,10-15,20H,3-9,17H2. The normalized spacial score (nSPS) is 40.2. The molecule has 1 aromatic heterocycles. The minimum Gasteiger partial charge on any atom is -0.384 e. The zero-order valence-electron chi connectivity index (χ0n) is 12.0. The molecule has 4 aliphatic rings. The number of hydrogen-bond acceptors (Lipinski definition) is 3. The maximum atomic E-state index is 9.97. The average molecular weight is 275 g/mol. The zero-order chi connectivity index (χ0) is 13.7. The molecule has 3 N–H and O–H groups in total. The third kappa shape index (κ3) is 2.01. The van der Waals surface area contributed by atoms with Crippen LogP contribution in [0.2, 0.25) is 0 Å². The van der Waals surface area contributed by atoms with E-state index in [0.717, 1.165) is 42.0 Å². The Kier molecular flexibility index (Phi) is 3.11. The van der Waals surface area contributed by atoms with E-state index < -0.39 is 6.10 Å². The van der Waals surface area contributed by atoms with Crippen molar-refractivity contribution in [1.82, 2.24) is 9.55 Å². The van der Waals surface area contributed by atoms with Crippen molar-refractivity contribution >= 4 is 0 Å². The van der Waals surface area contributed by atoms with Gasteiger partial charge in [-0.2, -0.15) is 0 Å². The van der Waals surface area contributed by atoms with Crippen LogP contribution >= 0.6 is 0 Å². The Morgan fingerprint density at radius 2 is 1.85 bits per heavy atom. The summed E-state index contributed by atoms with van der Waals surface area (Å²) >= 11 is 0. The highest BCUT2D eigenvalue weighted by molar-refractivity contribution is 5.02. The summed E-state index contributed by atoms with van der Waals surface area (Å²) < 4.78 is 2.16. The fourth-order valence-corrected chi connectivity index (χ4v) is 5.44. The monoisotopic (exact) mass is 275 g/mol. The van der Waals surface area contributed by atoms with Crippen molar-refractivity contribution in [3.63, 3.8) is 0 Å². The summed E-state index contributed by atoms with van der Waals surface area (Å²) in [5.41, 5.74) is 5.58. The molecule has 1 unspecified atom stereocenters. The van der Waals surface area contributed by atoms with Gasteiger partial charge >= 0.3 is 0 Å². The molecule has 1 aromatic rings. The lowest BCUT2D eigenvalue weighted by atomic mass is 9.52. The number of aliphatic hydroxyl groups excluding tert-OH is 1. The van der Waals surface area contributed by atoms with Crippen molar-refractivity contribution in [3.05, 3.63) is 18.2 Å². The topological polar surface area (TPSA) is 64.1 Å². The predicted molar refractivity (Wildman–Crippen MR) is 76.8 cm³/mol. The minimum atomic E-state index is -0.623. The van der Waals surface area contributed by atoms with Gasteiger partial charge in [0.05, 0.1) is 0 Å². The summed E-state index contributed by atoms with van der Waals surface area (Å²) in [5.74, 6) is 5.41. The van der Waals surface area contributed by atoms with Gasteiger partial charge in [-0.3, -0.25) is 0 Å². The number of hydrogen-bond donors (Lipinski definition) is 2. The summed E-state index contributed by atoms with van der Waals surface area (Å²) in [4.78, 5) is 4.30. The number of nitrogens with zero attached hydrogens (tertiary/aromatic N) is 2. The number of aromatic nitrogens is 2. The molecule has 5 rings (SSSR count). The van der Waals surface area contributed by atoms with E-state index in [1.165, 1.54) is 32.1 Å². The molecule has 4 nitrogen and oxygen atoms in total. The van der Waals surface area contributed by atoms with E-state index in [2.05, 4.69) is 9.55 Å². The first-order valence-electron chi connectivity index (χ1n) is 8.13. The molecular formula is C16H25N3O. The lowest BCUT2D eigenvalue weighted by Crippen LogP contribution is -2.46. The maximum absolute atomic E-state index is 9.97. The summed E-state index contributed by atoms with van der Waals surface area (Å²) in [5, 5.41) is 9.97. The van der Waals surface area contributed by atoms with E-state index in [0.29, 0.717) is 0 Å². The molecule has 4 heteroatoms.